The number of aromatic nitrogens is 2. The van der Waals surface area contributed by atoms with E-state index in [1.807, 2.05) is 0 Å². The van der Waals surface area contributed by atoms with Crippen molar-refractivity contribution in [2.24, 2.45) is 0 Å². The van der Waals surface area contributed by atoms with E-state index in [9.17, 15) is 4.79 Å². The third-order valence-electron chi connectivity index (χ3n) is 2.33. The third-order valence-corrected chi connectivity index (χ3v) is 2.53. The van der Waals surface area contributed by atoms with Gasteiger partial charge in [0.05, 0.1) is 6.54 Å². The highest BCUT2D eigenvalue weighted by atomic mass is 35.5. The van der Waals surface area contributed by atoms with E-state index in [2.05, 4.69) is 15.5 Å². The zero-order valence-corrected chi connectivity index (χ0v) is 9.74. The van der Waals surface area contributed by atoms with E-state index in [0.29, 0.717) is 17.0 Å². The van der Waals surface area contributed by atoms with Gasteiger partial charge in [0.15, 0.2) is 11.0 Å². The van der Waals surface area contributed by atoms with Crippen molar-refractivity contribution in [3.63, 3.8) is 0 Å². The first-order valence-electron chi connectivity index (χ1n) is 5.15. The lowest BCUT2D eigenvalue weighted by atomic mass is 10.4. The van der Waals surface area contributed by atoms with E-state index >= 15 is 0 Å². The molecule has 0 aromatic carbocycles. The topological polar surface area (TPSA) is 58.1 Å². The number of hydrogen-bond donors (Lipinski definition) is 1. The van der Waals surface area contributed by atoms with Crippen LogP contribution in [0.5, 0.6) is 0 Å². The lowest BCUT2D eigenvalue weighted by Gasteiger charge is -2.16. The predicted octanol–water partition coefficient (Wildman–Crippen LogP) is 0.845. The SMILES string of the molecule is CN(CC(=O)NC1CC1)c1ccc(Cl)nn1. The summed E-state index contributed by atoms with van der Waals surface area (Å²) in [6, 6.07) is 3.77. The molecule has 1 amide bonds. The maximum absolute atomic E-state index is 11.5. The van der Waals surface area contributed by atoms with Gasteiger partial charge in [0.1, 0.15) is 0 Å². The summed E-state index contributed by atoms with van der Waals surface area (Å²) in [6.07, 6.45) is 2.19. The first-order valence-corrected chi connectivity index (χ1v) is 5.52. The van der Waals surface area contributed by atoms with Gasteiger partial charge in [-0.3, -0.25) is 4.79 Å². The summed E-state index contributed by atoms with van der Waals surface area (Å²) in [6.45, 7) is 0.285. The standard InChI is InChI=1S/C10H13ClN4O/c1-15(6-10(16)12-7-2-3-7)9-5-4-8(11)13-14-9/h4-5,7H,2-3,6H2,1H3,(H,12,16). The van der Waals surface area contributed by atoms with Crippen molar-refractivity contribution in [3.05, 3.63) is 17.3 Å². The Morgan fingerprint density at radius 2 is 2.31 bits per heavy atom. The quantitative estimate of drug-likeness (QED) is 0.848. The van der Waals surface area contributed by atoms with Crippen molar-refractivity contribution in [2.75, 3.05) is 18.5 Å². The molecule has 1 N–H and O–H groups in total. The number of nitrogens with zero attached hydrogens (tertiary/aromatic N) is 3. The highest BCUT2D eigenvalue weighted by Gasteiger charge is 2.23. The van der Waals surface area contributed by atoms with E-state index in [1.54, 1.807) is 24.1 Å². The van der Waals surface area contributed by atoms with Crippen molar-refractivity contribution in [1.82, 2.24) is 15.5 Å². The lowest BCUT2D eigenvalue weighted by Crippen LogP contribution is -2.36. The smallest absolute Gasteiger partial charge is 0.239 e. The van der Waals surface area contributed by atoms with Crippen LogP contribution < -0.4 is 10.2 Å². The number of hydrogen-bond acceptors (Lipinski definition) is 4. The molecule has 0 aliphatic heterocycles. The molecule has 5 nitrogen and oxygen atoms in total. The van der Waals surface area contributed by atoms with Gasteiger partial charge in [-0.05, 0) is 25.0 Å². The summed E-state index contributed by atoms with van der Waals surface area (Å²) in [5.41, 5.74) is 0. The van der Waals surface area contributed by atoms with Crippen molar-refractivity contribution < 1.29 is 4.79 Å². The number of likely N-dealkylation sites (N-methyl/N-ethyl adjacent to an activating group) is 1. The van der Waals surface area contributed by atoms with Crippen molar-refractivity contribution in [3.8, 4) is 0 Å². The van der Waals surface area contributed by atoms with Gasteiger partial charge in [0, 0.05) is 13.1 Å². The van der Waals surface area contributed by atoms with E-state index in [4.69, 9.17) is 11.6 Å². The molecule has 0 bridgehead atoms. The molecule has 0 atom stereocenters. The average molecular weight is 241 g/mol. The van der Waals surface area contributed by atoms with Gasteiger partial charge in [0.25, 0.3) is 0 Å². The molecule has 0 saturated heterocycles. The summed E-state index contributed by atoms with van der Waals surface area (Å²) in [4.78, 5) is 13.3. The van der Waals surface area contributed by atoms with Crippen LogP contribution in [0.25, 0.3) is 0 Å². The minimum atomic E-state index is 0.0155. The summed E-state index contributed by atoms with van der Waals surface area (Å²) in [5.74, 6) is 0.650. The highest BCUT2D eigenvalue weighted by molar-refractivity contribution is 6.29. The number of carbonyl (C=O) groups excluding carboxylic acids is 1. The molecular formula is C10H13ClN4O. The monoisotopic (exact) mass is 240 g/mol. The second-order valence-electron chi connectivity index (χ2n) is 3.91. The van der Waals surface area contributed by atoms with Crippen LogP contribution >= 0.6 is 11.6 Å². The Morgan fingerprint density at radius 1 is 1.56 bits per heavy atom. The maximum Gasteiger partial charge on any atom is 0.239 e. The Hall–Kier alpha value is -1.36. The molecule has 0 unspecified atom stereocenters. The summed E-state index contributed by atoms with van der Waals surface area (Å²) in [5, 5.41) is 10.9. The van der Waals surface area contributed by atoms with Crippen LogP contribution in [0.15, 0.2) is 12.1 Å². The van der Waals surface area contributed by atoms with Gasteiger partial charge < -0.3 is 10.2 Å². The van der Waals surface area contributed by atoms with Crippen LogP contribution in [0.2, 0.25) is 5.15 Å². The van der Waals surface area contributed by atoms with Crippen LogP contribution in [0.4, 0.5) is 5.82 Å². The first kappa shape index (κ1) is 11.1. The molecular weight excluding hydrogens is 228 g/mol. The van der Waals surface area contributed by atoms with Crippen LogP contribution in [-0.2, 0) is 4.79 Å². The minimum absolute atomic E-state index is 0.0155. The Balaban J connectivity index is 1.88. The molecule has 6 heteroatoms. The molecule has 16 heavy (non-hydrogen) atoms. The molecule has 1 saturated carbocycles. The second kappa shape index (κ2) is 4.65. The summed E-state index contributed by atoms with van der Waals surface area (Å²) >= 11 is 5.63. The number of rotatable bonds is 4. The fourth-order valence-corrected chi connectivity index (χ4v) is 1.41. The van der Waals surface area contributed by atoms with Crippen LogP contribution in [-0.4, -0.2) is 35.7 Å². The van der Waals surface area contributed by atoms with Gasteiger partial charge in [-0.25, -0.2) is 0 Å². The fraction of sp³-hybridized carbons (Fsp3) is 0.500. The maximum atomic E-state index is 11.5. The van der Waals surface area contributed by atoms with Crippen LogP contribution in [0.3, 0.4) is 0 Å². The molecule has 1 heterocycles. The normalized spacial score (nSPS) is 14.6. The van der Waals surface area contributed by atoms with E-state index in [-0.39, 0.29) is 12.5 Å². The zero-order valence-electron chi connectivity index (χ0n) is 8.98. The molecule has 2 rings (SSSR count). The Morgan fingerprint density at radius 3 is 2.88 bits per heavy atom. The summed E-state index contributed by atoms with van der Waals surface area (Å²) in [7, 11) is 1.80. The largest absolute Gasteiger partial charge is 0.352 e. The fourth-order valence-electron chi connectivity index (χ4n) is 1.31. The van der Waals surface area contributed by atoms with Gasteiger partial charge in [-0.15, -0.1) is 10.2 Å². The second-order valence-corrected chi connectivity index (χ2v) is 4.30. The molecule has 86 valence electrons. The molecule has 1 fully saturated rings. The van der Waals surface area contributed by atoms with Gasteiger partial charge >= 0.3 is 0 Å². The molecule has 1 aromatic rings. The molecule has 0 radical (unpaired) electrons. The van der Waals surface area contributed by atoms with E-state index in [0.717, 1.165) is 12.8 Å². The van der Waals surface area contributed by atoms with E-state index in [1.165, 1.54) is 0 Å². The van der Waals surface area contributed by atoms with Crippen molar-refractivity contribution in [1.29, 1.82) is 0 Å². The Bertz CT molecular complexity index is 377. The zero-order chi connectivity index (χ0) is 11.5. The number of nitrogens with one attached hydrogen (secondary N) is 1. The third kappa shape index (κ3) is 3.06. The lowest BCUT2D eigenvalue weighted by molar-refractivity contribution is -0.119. The number of amides is 1. The van der Waals surface area contributed by atoms with Crippen LogP contribution in [0, 0.1) is 0 Å². The number of anilines is 1. The average Bonchev–Trinajstić information content (AvgIpc) is 3.02. The Kier molecular flexibility index (Phi) is 3.24. The van der Waals surface area contributed by atoms with Gasteiger partial charge in [-0.1, -0.05) is 11.6 Å². The van der Waals surface area contributed by atoms with Crippen molar-refractivity contribution in [2.45, 2.75) is 18.9 Å². The number of halogens is 1. The molecule has 1 aliphatic rings. The minimum Gasteiger partial charge on any atom is -0.352 e. The van der Waals surface area contributed by atoms with Crippen molar-refractivity contribution >= 4 is 23.3 Å². The molecule has 0 spiro atoms. The van der Waals surface area contributed by atoms with Gasteiger partial charge in [-0.2, -0.15) is 0 Å². The summed E-state index contributed by atoms with van der Waals surface area (Å²) < 4.78 is 0. The van der Waals surface area contributed by atoms with E-state index < -0.39 is 0 Å². The molecule has 1 aliphatic carbocycles. The highest BCUT2D eigenvalue weighted by Crippen LogP contribution is 2.18. The van der Waals surface area contributed by atoms with Crippen LogP contribution in [0.1, 0.15) is 12.8 Å². The first-order chi connectivity index (χ1) is 7.65. The van der Waals surface area contributed by atoms with Gasteiger partial charge in [0.2, 0.25) is 5.91 Å². The Labute approximate surface area is 98.8 Å². The predicted molar refractivity (Wildman–Crippen MR) is 61.5 cm³/mol. The molecule has 1 aromatic heterocycles. The number of carbonyl (C=O) groups is 1.